The van der Waals surface area contributed by atoms with Gasteiger partial charge in [-0.15, -0.1) is 5.10 Å². The van der Waals surface area contributed by atoms with Gasteiger partial charge in [0.2, 0.25) is 11.1 Å². The maximum atomic E-state index is 13.6. The number of amides is 1. The Bertz CT molecular complexity index is 912. The Kier molecular flexibility index (Phi) is 5.08. The zero-order valence-electron chi connectivity index (χ0n) is 13.7. The monoisotopic (exact) mass is 357 g/mol. The zero-order valence-corrected chi connectivity index (χ0v) is 14.5. The number of nitrogens with one attached hydrogen (secondary N) is 1. The number of aromatic nitrogens is 4. The van der Waals surface area contributed by atoms with Gasteiger partial charge in [0.05, 0.1) is 17.1 Å². The number of anilines is 1. The van der Waals surface area contributed by atoms with Crippen LogP contribution in [0.1, 0.15) is 11.1 Å². The summed E-state index contributed by atoms with van der Waals surface area (Å²) < 4.78 is 15.2. The van der Waals surface area contributed by atoms with Crippen molar-refractivity contribution in [2.75, 3.05) is 11.1 Å². The highest BCUT2D eigenvalue weighted by Gasteiger charge is 2.14. The molecule has 3 rings (SSSR count). The summed E-state index contributed by atoms with van der Waals surface area (Å²) in [5.74, 6) is -0.730. The van der Waals surface area contributed by atoms with E-state index in [-0.39, 0.29) is 17.3 Å². The number of hydrogen-bond donors (Lipinski definition) is 1. The first-order valence-corrected chi connectivity index (χ1v) is 8.57. The largest absolute Gasteiger partial charge is 0.323 e. The van der Waals surface area contributed by atoms with Gasteiger partial charge < -0.3 is 5.32 Å². The van der Waals surface area contributed by atoms with Crippen LogP contribution < -0.4 is 5.32 Å². The summed E-state index contributed by atoms with van der Waals surface area (Å²) in [5.41, 5.74) is 3.21. The van der Waals surface area contributed by atoms with Gasteiger partial charge in [-0.05, 0) is 53.6 Å². The van der Waals surface area contributed by atoms with E-state index in [2.05, 4.69) is 20.8 Å². The lowest BCUT2D eigenvalue weighted by molar-refractivity contribution is -0.113. The third kappa shape index (κ3) is 3.85. The molecule has 0 radical (unpaired) electrons. The molecule has 0 atom stereocenters. The molecule has 0 saturated heterocycles. The Labute approximate surface area is 148 Å². The van der Waals surface area contributed by atoms with Crippen molar-refractivity contribution in [3.05, 3.63) is 59.4 Å². The number of benzene rings is 2. The van der Waals surface area contributed by atoms with Crippen molar-refractivity contribution in [1.82, 2.24) is 20.2 Å². The first-order valence-electron chi connectivity index (χ1n) is 7.58. The van der Waals surface area contributed by atoms with E-state index >= 15 is 0 Å². The molecule has 128 valence electrons. The van der Waals surface area contributed by atoms with E-state index in [9.17, 15) is 9.18 Å². The van der Waals surface area contributed by atoms with Crippen LogP contribution >= 0.6 is 11.8 Å². The smallest absolute Gasteiger partial charge is 0.234 e. The summed E-state index contributed by atoms with van der Waals surface area (Å²) >= 11 is 1.19. The summed E-state index contributed by atoms with van der Waals surface area (Å²) in [7, 11) is 0. The van der Waals surface area contributed by atoms with E-state index in [1.54, 1.807) is 16.8 Å². The molecule has 0 fully saturated rings. The molecule has 25 heavy (non-hydrogen) atoms. The lowest BCUT2D eigenvalue weighted by Crippen LogP contribution is -2.15. The molecule has 0 aliphatic heterocycles. The highest BCUT2D eigenvalue weighted by Crippen LogP contribution is 2.22. The van der Waals surface area contributed by atoms with Gasteiger partial charge in [-0.1, -0.05) is 36.0 Å². The number of aryl methyl sites for hydroxylation is 1. The molecule has 0 bridgehead atoms. The summed E-state index contributed by atoms with van der Waals surface area (Å²) in [6.07, 6.45) is 0. The van der Waals surface area contributed by atoms with Crippen molar-refractivity contribution in [1.29, 1.82) is 0 Å². The van der Waals surface area contributed by atoms with Crippen molar-refractivity contribution in [3.8, 4) is 5.69 Å². The van der Waals surface area contributed by atoms with Crippen molar-refractivity contribution in [2.24, 2.45) is 0 Å². The van der Waals surface area contributed by atoms with Crippen LogP contribution in [0.2, 0.25) is 0 Å². The third-order valence-electron chi connectivity index (χ3n) is 3.73. The van der Waals surface area contributed by atoms with Gasteiger partial charge >= 0.3 is 0 Å². The molecular weight excluding hydrogens is 341 g/mol. The zero-order chi connectivity index (χ0) is 17.8. The number of carbonyl (C=O) groups is 1. The van der Waals surface area contributed by atoms with Crippen LogP contribution in [-0.4, -0.2) is 31.9 Å². The van der Waals surface area contributed by atoms with E-state index in [0.717, 1.165) is 16.8 Å². The molecule has 0 unspecified atom stereocenters. The molecule has 1 aromatic heterocycles. The summed E-state index contributed by atoms with van der Waals surface area (Å²) in [5, 5.41) is 14.7. The number of thioether (sulfide) groups is 1. The van der Waals surface area contributed by atoms with E-state index in [1.807, 2.05) is 32.0 Å². The molecule has 2 aromatic carbocycles. The average Bonchev–Trinajstić information content (AvgIpc) is 3.06. The van der Waals surface area contributed by atoms with Gasteiger partial charge in [0.1, 0.15) is 5.82 Å². The fourth-order valence-electron chi connectivity index (χ4n) is 2.26. The molecule has 8 heteroatoms. The Hall–Kier alpha value is -2.74. The maximum absolute atomic E-state index is 13.6. The lowest BCUT2D eigenvalue weighted by Gasteiger charge is -2.09. The van der Waals surface area contributed by atoms with Crippen molar-refractivity contribution in [2.45, 2.75) is 19.0 Å². The fraction of sp³-hybridized carbons (Fsp3) is 0.176. The van der Waals surface area contributed by atoms with Gasteiger partial charge in [-0.3, -0.25) is 4.79 Å². The fourth-order valence-corrected chi connectivity index (χ4v) is 2.95. The minimum Gasteiger partial charge on any atom is -0.323 e. The minimum atomic E-state index is -0.471. The number of nitrogens with zero attached hydrogens (tertiary/aromatic N) is 4. The number of carbonyl (C=O) groups excluding carboxylic acids is 1. The van der Waals surface area contributed by atoms with Crippen LogP contribution in [0.15, 0.2) is 47.6 Å². The van der Waals surface area contributed by atoms with Crippen molar-refractivity contribution < 1.29 is 9.18 Å². The third-order valence-corrected chi connectivity index (χ3v) is 4.64. The molecule has 0 aliphatic carbocycles. The first-order chi connectivity index (χ1) is 12.1. The topological polar surface area (TPSA) is 72.7 Å². The number of para-hydroxylation sites is 1. The van der Waals surface area contributed by atoms with Crippen LogP contribution in [0.3, 0.4) is 0 Å². The standard InChI is InChI=1S/C17H16FN5OS/c1-11-6-5-9-15(12(11)2)23-17(20-21-22-23)25-10-16(24)19-14-8-4-3-7-13(14)18/h3-9H,10H2,1-2H3,(H,19,24). The van der Waals surface area contributed by atoms with E-state index in [0.29, 0.717) is 5.16 Å². The van der Waals surface area contributed by atoms with Crippen LogP contribution in [-0.2, 0) is 4.79 Å². The van der Waals surface area contributed by atoms with Gasteiger partial charge in [0.15, 0.2) is 0 Å². The average molecular weight is 357 g/mol. The van der Waals surface area contributed by atoms with Crippen molar-refractivity contribution >= 4 is 23.4 Å². The maximum Gasteiger partial charge on any atom is 0.234 e. The second-order valence-electron chi connectivity index (χ2n) is 5.41. The molecule has 1 amide bonds. The van der Waals surface area contributed by atoms with Crippen molar-refractivity contribution in [3.63, 3.8) is 0 Å². The molecule has 6 nitrogen and oxygen atoms in total. The highest BCUT2D eigenvalue weighted by molar-refractivity contribution is 7.99. The molecule has 3 aromatic rings. The minimum absolute atomic E-state index is 0.0690. The van der Waals surface area contributed by atoms with E-state index in [4.69, 9.17) is 0 Å². The Morgan fingerprint density at radius 2 is 2.00 bits per heavy atom. The van der Waals surface area contributed by atoms with Crippen LogP contribution in [0, 0.1) is 19.7 Å². The van der Waals surface area contributed by atoms with E-state index < -0.39 is 5.82 Å². The molecule has 0 aliphatic rings. The highest BCUT2D eigenvalue weighted by atomic mass is 32.2. The predicted molar refractivity (Wildman–Crippen MR) is 94.4 cm³/mol. The lowest BCUT2D eigenvalue weighted by atomic mass is 10.1. The molecule has 1 N–H and O–H groups in total. The number of halogens is 1. The Morgan fingerprint density at radius 3 is 2.80 bits per heavy atom. The summed E-state index contributed by atoms with van der Waals surface area (Å²) in [6, 6.07) is 11.9. The molecular formula is C17H16FN5OS. The number of hydrogen-bond acceptors (Lipinski definition) is 5. The predicted octanol–water partition coefficient (Wildman–Crippen LogP) is 3.15. The van der Waals surface area contributed by atoms with Gasteiger partial charge in [-0.25, -0.2) is 4.39 Å². The number of tetrazole rings is 1. The molecule has 0 spiro atoms. The molecule has 0 saturated carbocycles. The van der Waals surface area contributed by atoms with Crippen LogP contribution in [0.4, 0.5) is 10.1 Å². The van der Waals surface area contributed by atoms with Gasteiger partial charge in [0.25, 0.3) is 0 Å². The Morgan fingerprint density at radius 1 is 1.20 bits per heavy atom. The second-order valence-corrected chi connectivity index (χ2v) is 6.35. The first kappa shape index (κ1) is 17.1. The summed E-state index contributed by atoms with van der Waals surface area (Å²) in [4.78, 5) is 12.1. The van der Waals surface area contributed by atoms with E-state index in [1.165, 1.54) is 23.9 Å². The molecule has 1 heterocycles. The van der Waals surface area contributed by atoms with Crippen LogP contribution in [0.5, 0.6) is 0 Å². The second kappa shape index (κ2) is 7.43. The van der Waals surface area contributed by atoms with Gasteiger partial charge in [-0.2, -0.15) is 4.68 Å². The quantitative estimate of drug-likeness (QED) is 0.710. The van der Waals surface area contributed by atoms with Crippen LogP contribution in [0.25, 0.3) is 5.69 Å². The Balaban J connectivity index is 1.71. The number of rotatable bonds is 5. The summed E-state index contributed by atoms with van der Waals surface area (Å²) in [6.45, 7) is 4.00. The normalized spacial score (nSPS) is 10.7. The SMILES string of the molecule is Cc1cccc(-n2nnnc2SCC(=O)Nc2ccccc2F)c1C. The van der Waals surface area contributed by atoms with Gasteiger partial charge in [0, 0.05) is 0 Å².